The Labute approximate surface area is 166 Å². The number of nitro groups is 1. The van der Waals surface area contributed by atoms with E-state index in [1.807, 2.05) is 67.6 Å². The fourth-order valence-corrected chi connectivity index (χ4v) is 3.12. The molecule has 1 unspecified atom stereocenters. The summed E-state index contributed by atoms with van der Waals surface area (Å²) in [4.78, 5) is 23.9. The Bertz CT molecular complexity index is 1160. The van der Waals surface area contributed by atoms with Gasteiger partial charge in [-0.15, -0.1) is 0 Å². The van der Waals surface area contributed by atoms with Crippen LogP contribution in [0.2, 0.25) is 0 Å². The van der Waals surface area contributed by atoms with Crippen molar-refractivity contribution in [2.24, 2.45) is 0 Å². The normalized spacial score (nSPS) is 11.8. The average Bonchev–Trinajstić information content (AvgIpc) is 2.74. The minimum atomic E-state index is -0.480. The first-order valence-electron chi connectivity index (χ1n) is 9.05. The van der Waals surface area contributed by atoms with Crippen LogP contribution >= 0.6 is 0 Å². The van der Waals surface area contributed by atoms with Gasteiger partial charge in [0.05, 0.1) is 16.5 Å². The van der Waals surface area contributed by atoms with E-state index in [9.17, 15) is 10.1 Å². The Morgan fingerprint density at radius 2 is 1.72 bits per heavy atom. The van der Waals surface area contributed by atoms with Crippen LogP contribution in [-0.2, 0) is 0 Å². The summed E-state index contributed by atoms with van der Waals surface area (Å²) in [5.41, 5.74) is 2.25. The monoisotopic (exact) mass is 386 g/mol. The van der Waals surface area contributed by atoms with E-state index in [1.165, 1.54) is 6.33 Å². The number of hydrogen-bond donors (Lipinski definition) is 2. The van der Waals surface area contributed by atoms with E-state index in [0.717, 1.165) is 16.5 Å². The summed E-state index contributed by atoms with van der Waals surface area (Å²) >= 11 is 0. The molecule has 2 aromatic carbocycles. The zero-order valence-corrected chi connectivity index (χ0v) is 15.6. The van der Waals surface area contributed by atoms with Crippen molar-refractivity contribution in [3.8, 4) is 0 Å². The molecule has 29 heavy (non-hydrogen) atoms. The Balaban J connectivity index is 1.71. The lowest BCUT2D eigenvalue weighted by molar-refractivity contribution is -0.383. The lowest BCUT2D eigenvalue weighted by Gasteiger charge is -2.16. The van der Waals surface area contributed by atoms with Gasteiger partial charge in [0, 0.05) is 17.3 Å². The van der Waals surface area contributed by atoms with E-state index >= 15 is 0 Å². The van der Waals surface area contributed by atoms with Crippen LogP contribution in [0.25, 0.3) is 10.9 Å². The van der Waals surface area contributed by atoms with Crippen LogP contribution in [0, 0.1) is 10.1 Å². The first-order chi connectivity index (χ1) is 14.1. The highest BCUT2D eigenvalue weighted by molar-refractivity contribution is 5.93. The molecule has 0 aliphatic rings. The molecule has 0 aliphatic carbocycles. The van der Waals surface area contributed by atoms with Crippen LogP contribution in [0.15, 0.2) is 73.2 Å². The average molecular weight is 386 g/mol. The van der Waals surface area contributed by atoms with Gasteiger partial charge in [-0.05, 0) is 36.8 Å². The van der Waals surface area contributed by atoms with Gasteiger partial charge in [0.15, 0.2) is 0 Å². The molecule has 2 heterocycles. The summed E-state index contributed by atoms with van der Waals surface area (Å²) in [6, 6.07) is 18.8. The van der Waals surface area contributed by atoms with Gasteiger partial charge >= 0.3 is 5.69 Å². The van der Waals surface area contributed by atoms with Gasteiger partial charge in [-0.3, -0.25) is 15.1 Å². The number of anilines is 3. The fourth-order valence-electron chi connectivity index (χ4n) is 3.12. The zero-order chi connectivity index (χ0) is 20.2. The van der Waals surface area contributed by atoms with Crippen molar-refractivity contribution in [1.29, 1.82) is 0 Å². The van der Waals surface area contributed by atoms with E-state index in [2.05, 4.69) is 25.6 Å². The maximum absolute atomic E-state index is 11.8. The lowest BCUT2D eigenvalue weighted by atomic mass is 10.1. The third-order valence-corrected chi connectivity index (χ3v) is 4.56. The second kappa shape index (κ2) is 7.89. The van der Waals surface area contributed by atoms with E-state index in [0.29, 0.717) is 5.69 Å². The number of fused-ring (bicyclic) bond motifs is 1. The number of pyridine rings is 1. The van der Waals surface area contributed by atoms with Crippen LogP contribution in [-0.4, -0.2) is 19.9 Å². The van der Waals surface area contributed by atoms with Crippen LogP contribution in [0.3, 0.4) is 0 Å². The standard InChI is InChI=1S/C21H18N6O2/c1-14(15-7-3-2-4-8-15)25-20-19(27(28)29)21(24-13-23-20)26-18-11-5-10-17-16(18)9-6-12-22-17/h2-14H,1H3,(H2,23,24,25,26). The maximum atomic E-state index is 11.8. The maximum Gasteiger partial charge on any atom is 0.353 e. The highest BCUT2D eigenvalue weighted by Gasteiger charge is 2.24. The largest absolute Gasteiger partial charge is 0.358 e. The second-order valence-corrected chi connectivity index (χ2v) is 6.45. The molecule has 4 rings (SSSR count). The van der Waals surface area contributed by atoms with Crippen molar-refractivity contribution < 1.29 is 4.92 Å². The molecule has 0 fully saturated rings. The molecule has 2 N–H and O–H groups in total. The smallest absolute Gasteiger partial charge is 0.353 e. The van der Waals surface area contributed by atoms with Gasteiger partial charge in [0.1, 0.15) is 6.33 Å². The summed E-state index contributed by atoms with van der Waals surface area (Å²) < 4.78 is 0. The molecule has 0 bridgehead atoms. The molecular formula is C21H18N6O2. The molecule has 8 nitrogen and oxygen atoms in total. The van der Waals surface area contributed by atoms with Crippen molar-refractivity contribution in [2.75, 3.05) is 10.6 Å². The molecule has 0 spiro atoms. The van der Waals surface area contributed by atoms with Gasteiger partial charge in [0.2, 0.25) is 11.6 Å². The first kappa shape index (κ1) is 18.3. The summed E-state index contributed by atoms with van der Waals surface area (Å²) in [5, 5.41) is 18.9. The van der Waals surface area contributed by atoms with Crippen LogP contribution in [0.5, 0.6) is 0 Å². The number of benzene rings is 2. The minimum Gasteiger partial charge on any atom is -0.358 e. The first-order valence-corrected chi connectivity index (χ1v) is 9.05. The van der Waals surface area contributed by atoms with Gasteiger partial charge in [-0.2, -0.15) is 0 Å². The number of rotatable bonds is 6. The molecule has 4 aromatic rings. The molecule has 0 saturated heterocycles. The molecule has 0 aliphatic heterocycles. The number of hydrogen-bond acceptors (Lipinski definition) is 7. The molecular weight excluding hydrogens is 368 g/mol. The van der Waals surface area contributed by atoms with Crippen LogP contribution in [0.4, 0.5) is 23.0 Å². The Morgan fingerprint density at radius 1 is 0.931 bits per heavy atom. The molecule has 0 saturated carbocycles. The van der Waals surface area contributed by atoms with Gasteiger partial charge in [0.25, 0.3) is 0 Å². The lowest BCUT2D eigenvalue weighted by Crippen LogP contribution is -2.11. The molecule has 0 amide bonds. The SMILES string of the molecule is CC(Nc1ncnc(Nc2cccc3ncccc23)c1[N+](=O)[O-])c1ccccc1. The van der Waals surface area contributed by atoms with E-state index in [-0.39, 0.29) is 23.4 Å². The van der Waals surface area contributed by atoms with Gasteiger partial charge in [-0.1, -0.05) is 36.4 Å². The van der Waals surface area contributed by atoms with Crippen molar-refractivity contribution in [3.05, 3.63) is 88.9 Å². The van der Waals surface area contributed by atoms with Crippen molar-refractivity contribution >= 4 is 33.9 Å². The number of nitrogens with zero attached hydrogens (tertiary/aromatic N) is 4. The molecule has 1 atom stereocenters. The van der Waals surface area contributed by atoms with Crippen LogP contribution < -0.4 is 10.6 Å². The van der Waals surface area contributed by atoms with Crippen molar-refractivity contribution in [1.82, 2.24) is 15.0 Å². The number of nitrogens with one attached hydrogen (secondary N) is 2. The summed E-state index contributed by atoms with van der Waals surface area (Å²) in [5.74, 6) is 0.270. The molecule has 144 valence electrons. The molecule has 2 aromatic heterocycles. The number of aromatic nitrogens is 3. The summed E-state index contributed by atoms with van der Waals surface area (Å²) in [6.45, 7) is 1.92. The predicted octanol–water partition coefficient (Wildman–Crippen LogP) is 4.85. The molecule has 0 radical (unpaired) electrons. The quantitative estimate of drug-likeness (QED) is 0.360. The predicted molar refractivity (Wildman–Crippen MR) is 112 cm³/mol. The third-order valence-electron chi connectivity index (χ3n) is 4.56. The molecule has 8 heteroatoms. The third kappa shape index (κ3) is 3.81. The van der Waals surface area contributed by atoms with Crippen LogP contribution in [0.1, 0.15) is 18.5 Å². The highest BCUT2D eigenvalue weighted by Crippen LogP contribution is 2.34. The Kier molecular flexibility index (Phi) is 4.98. The highest BCUT2D eigenvalue weighted by atomic mass is 16.6. The van der Waals surface area contributed by atoms with E-state index in [1.54, 1.807) is 6.20 Å². The fraction of sp³-hybridized carbons (Fsp3) is 0.0952. The Hall–Kier alpha value is -4.07. The van der Waals surface area contributed by atoms with E-state index in [4.69, 9.17) is 0 Å². The topological polar surface area (TPSA) is 106 Å². The van der Waals surface area contributed by atoms with Crippen molar-refractivity contribution in [2.45, 2.75) is 13.0 Å². The minimum absolute atomic E-state index is 0.115. The van der Waals surface area contributed by atoms with E-state index < -0.39 is 4.92 Å². The zero-order valence-electron chi connectivity index (χ0n) is 15.6. The Morgan fingerprint density at radius 3 is 2.52 bits per heavy atom. The summed E-state index contributed by atoms with van der Waals surface area (Å²) in [6.07, 6.45) is 3.00. The second-order valence-electron chi connectivity index (χ2n) is 6.45. The van der Waals surface area contributed by atoms with Gasteiger partial charge < -0.3 is 10.6 Å². The van der Waals surface area contributed by atoms with Gasteiger partial charge in [-0.25, -0.2) is 9.97 Å². The van der Waals surface area contributed by atoms with Crippen molar-refractivity contribution in [3.63, 3.8) is 0 Å². The summed E-state index contributed by atoms with van der Waals surface area (Å²) in [7, 11) is 0.